The highest BCUT2D eigenvalue weighted by Crippen LogP contribution is 2.30. The second-order valence-corrected chi connectivity index (χ2v) is 8.85. The second-order valence-electron chi connectivity index (χ2n) is 7.13. The Balaban J connectivity index is 1.50. The van der Waals surface area contributed by atoms with Crippen molar-refractivity contribution in [1.29, 1.82) is 0 Å². The summed E-state index contributed by atoms with van der Waals surface area (Å²) in [5, 5.41) is 12.0. The third-order valence-electron chi connectivity index (χ3n) is 5.13. The summed E-state index contributed by atoms with van der Waals surface area (Å²) in [4.78, 5) is 20.6. The van der Waals surface area contributed by atoms with E-state index in [0.717, 1.165) is 47.9 Å². The Bertz CT molecular complexity index is 1140. The Morgan fingerprint density at radius 1 is 1.03 bits per heavy atom. The molecule has 1 N–H and O–H groups in total. The second kappa shape index (κ2) is 8.09. The number of rotatable bonds is 5. The molecular formula is C19H21N9S2. The normalized spacial score (nSPS) is 14.9. The third kappa shape index (κ3) is 3.91. The molecule has 11 heteroatoms. The van der Waals surface area contributed by atoms with E-state index in [9.17, 15) is 0 Å². The lowest BCUT2D eigenvalue weighted by Gasteiger charge is -2.33. The van der Waals surface area contributed by atoms with E-state index in [2.05, 4.69) is 43.4 Å². The molecule has 1 aliphatic heterocycles. The zero-order valence-electron chi connectivity index (χ0n) is 16.7. The van der Waals surface area contributed by atoms with Gasteiger partial charge in [-0.1, -0.05) is 11.3 Å². The smallest absolute Gasteiger partial charge is 0.233 e. The summed E-state index contributed by atoms with van der Waals surface area (Å²) < 4.78 is 1.14. The topological polar surface area (TPSA) is 86.2 Å². The Hall–Kier alpha value is -2.89. The van der Waals surface area contributed by atoms with Gasteiger partial charge in [0, 0.05) is 45.0 Å². The third-order valence-corrected chi connectivity index (χ3v) is 6.52. The Labute approximate surface area is 182 Å². The number of likely N-dealkylation sites (N-methyl/N-ethyl adjacent to an activating group) is 1. The molecule has 3 aromatic heterocycles. The van der Waals surface area contributed by atoms with Crippen LogP contribution in [-0.4, -0.2) is 70.3 Å². The molecule has 1 fully saturated rings. The molecular weight excluding hydrogens is 418 g/mol. The van der Waals surface area contributed by atoms with Gasteiger partial charge in [-0.15, -0.1) is 21.5 Å². The highest BCUT2D eigenvalue weighted by atomic mass is 32.1. The first kappa shape index (κ1) is 19.1. The van der Waals surface area contributed by atoms with E-state index >= 15 is 0 Å². The summed E-state index contributed by atoms with van der Waals surface area (Å²) in [5.41, 5.74) is 5.58. The van der Waals surface area contributed by atoms with Gasteiger partial charge >= 0.3 is 0 Å². The van der Waals surface area contributed by atoms with Crippen molar-refractivity contribution in [1.82, 2.24) is 30.0 Å². The zero-order valence-corrected chi connectivity index (χ0v) is 18.3. The molecule has 4 aromatic rings. The minimum atomic E-state index is 0.627. The van der Waals surface area contributed by atoms with Crippen LogP contribution in [-0.2, 0) is 0 Å². The molecule has 154 valence electrons. The van der Waals surface area contributed by atoms with Crippen LogP contribution < -0.4 is 15.1 Å². The highest BCUT2D eigenvalue weighted by Gasteiger charge is 2.19. The van der Waals surface area contributed by atoms with Gasteiger partial charge < -0.3 is 20.0 Å². The van der Waals surface area contributed by atoms with E-state index < -0.39 is 0 Å². The molecule has 0 atom stereocenters. The monoisotopic (exact) mass is 439 g/mol. The summed E-state index contributed by atoms with van der Waals surface area (Å²) in [7, 11) is 4.13. The predicted molar refractivity (Wildman–Crippen MR) is 123 cm³/mol. The van der Waals surface area contributed by atoms with Crippen molar-refractivity contribution >= 4 is 61.3 Å². The fourth-order valence-corrected chi connectivity index (χ4v) is 4.50. The summed E-state index contributed by atoms with van der Waals surface area (Å²) >= 11 is 3.07. The van der Waals surface area contributed by atoms with Gasteiger partial charge in [0.1, 0.15) is 17.1 Å². The molecule has 0 radical (unpaired) electrons. The molecule has 1 saturated heterocycles. The Morgan fingerprint density at radius 3 is 2.70 bits per heavy atom. The number of anilines is 5. The van der Waals surface area contributed by atoms with Gasteiger partial charge in [0.15, 0.2) is 0 Å². The van der Waals surface area contributed by atoms with Gasteiger partial charge in [0.2, 0.25) is 11.1 Å². The molecule has 5 rings (SSSR count). The van der Waals surface area contributed by atoms with Crippen LogP contribution in [0, 0.1) is 0 Å². The van der Waals surface area contributed by atoms with Crippen LogP contribution in [0.4, 0.5) is 28.4 Å². The average Bonchev–Trinajstić information content (AvgIpc) is 3.44. The molecule has 1 aromatic carbocycles. The summed E-state index contributed by atoms with van der Waals surface area (Å²) in [6.07, 6.45) is 0. The fraction of sp³-hybridized carbons (Fsp3) is 0.316. The number of benzene rings is 1. The van der Waals surface area contributed by atoms with E-state index in [1.54, 1.807) is 16.8 Å². The molecule has 30 heavy (non-hydrogen) atoms. The molecule has 0 unspecified atom stereocenters. The van der Waals surface area contributed by atoms with Crippen LogP contribution in [0.1, 0.15) is 0 Å². The molecule has 9 nitrogen and oxygen atoms in total. The molecule has 0 saturated carbocycles. The largest absolute Gasteiger partial charge is 0.354 e. The fourth-order valence-electron chi connectivity index (χ4n) is 3.34. The number of thiazole rings is 1. The molecule has 4 heterocycles. The molecule has 0 amide bonds. The van der Waals surface area contributed by atoms with Crippen LogP contribution in [0.25, 0.3) is 10.2 Å². The first-order valence-electron chi connectivity index (χ1n) is 9.58. The molecule has 0 spiro atoms. The SMILES string of the molecule is CN1CCN(c2cc(Nc3nncs3)nc(N(C)c3ccc4ncsc4c3)n2)CC1. The summed E-state index contributed by atoms with van der Waals surface area (Å²) in [6.45, 7) is 3.89. The van der Waals surface area contributed by atoms with E-state index in [1.807, 2.05) is 35.7 Å². The van der Waals surface area contributed by atoms with Crippen molar-refractivity contribution in [3.8, 4) is 0 Å². The van der Waals surface area contributed by atoms with Gasteiger partial charge in [0.05, 0.1) is 15.7 Å². The van der Waals surface area contributed by atoms with Crippen LogP contribution >= 0.6 is 22.7 Å². The predicted octanol–water partition coefficient (Wildman–Crippen LogP) is 3.20. The molecule has 1 aliphatic rings. The maximum absolute atomic E-state index is 4.89. The van der Waals surface area contributed by atoms with Gasteiger partial charge in [-0.2, -0.15) is 9.97 Å². The molecule has 0 bridgehead atoms. The Morgan fingerprint density at radius 2 is 1.90 bits per heavy atom. The van der Waals surface area contributed by atoms with Gasteiger partial charge in [-0.3, -0.25) is 0 Å². The number of nitrogens with zero attached hydrogens (tertiary/aromatic N) is 8. The van der Waals surface area contributed by atoms with Crippen molar-refractivity contribution in [3.05, 3.63) is 35.3 Å². The van der Waals surface area contributed by atoms with Crippen LogP contribution in [0.15, 0.2) is 35.3 Å². The lowest BCUT2D eigenvalue weighted by atomic mass is 10.3. The summed E-state index contributed by atoms with van der Waals surface area (Å²) in [6, 6.07) is 8.18. The van der Waals surface area contributed by atoms with Gasteiger partial charge in [-0.05, 0) is 25.2 Å². The number of piperazine rings is 1. The average molecular weight is 440 g/mol. The van der Waals surface area contributed by atoms with Crippen molar-refractivity contribution in [2.24, 2.45) is 0 Å². The lowest BCUT2D eigenvalue weighted by Crippen LogP contribution is -2.45. The maximum atomic E-state index is 4.89. The lowest BCUT2D eigenvalue weighted by molar-refractivity contribution is 0.312. The van der Waals surface area contributed by atoms with Gasteiger partial charge in [0.25, 0.3) is 0 Å². The first-order chi connectivity index (χ1) is 14.7. The van der Waals surface area contributed by atoms with E-state index in [-0.39, 0.29) is 0 Å². The quantitative estimate of drug-likeness (QED) is 0.504. The van der Waals surface area contributed by atoms with E-state index in [0.29, 0.717) is 16.9 Å². The van der Waals surface area contributed by atoms with Crippen molar-refractivity contribution in [2.75, 3.05) is 55.4 Å². The van der Waals surface area contributed by atoms with Crippen molar-refractivity contribution in [2.45, 2.75) is 0 Å². The van der Waals surface area contributed by atoms with E-state index in [4.69, 9.17) is 9.97 Å². The van der Waals surface area contributed by atoms with Crippen LogP contribution in [0.5, 0.6) is 0 Å². The number of hydrogen-bond acceptors (Lipinski definition) is 11. The zero-order chi connectivity index (χ0) is 20.5. The minimum absolute atomic E-state index is 0.627. The van der Waals surface area contributed by atoms with Crippen molar-refractivity contribution in [3.63, 3.8) is 0 Å². The van der Waals surface area contributed by atoms with Crippen LogP contribution in [0.2, 0.25) is 0 Å². The number of aromatic nitrogens is 5. The maximum Gasteiger partial charge on any atom is 0.233 e. The summed E-state index contributed by atoms with van der Waals surface area (Å²) in [5.74, 6) is 2.24. The standard InChI is InChI=1S/C19H21N9S2/c1-26-5-7-28(8-6-26)17-10-16(23-19-25-21-12-30-19)22-18(24-17)27(2)13-3-4-14-15(9-13)29-11-20-14/h3-4,9-12H,5-8H2,1-2H3,(H,22,23,24,25). The number of fused-ring (bicyclic) bond motifs is 1. The van der Waals surface area contributed by atoms with Crippen LogP contribution in [0.3, 0.4) is 0 Å². The molecule has 0 aliphatic carbocycles. The number of hydrogen-bond donors (Lipinski definition) is 1. The number of nitrogens with one attached hydrogen (secondary N) is 1. The first-order valence-corrected chi connectivity index (χ1v) is 11.3. The van der Waals surface area contributed by atoms with Gasteiger partial charge in [-0.25, -0.2) is 4.98 Å². The Kier molecular flexibility index (Phi) is 5.15. The van der Waals surface area contributed by atoms with E-state index in [1.165, 1.54) is 11.3 Å². The van der Waals surface area contributed by atoms with Crippen molar-refractivity contribution < 1.29 is 0 Å². The highest BCUT2D eigenvalue weighted by molar-refractivity contribution is 7.16. The minimum Gasteiger partial charge on any atom is -0.354 e.